The van der Waals surface area contributed by atoms with Crippen LogP contribution >= 0.6 is 15.9 Å². The minimum atomic E-state index is -0.397. The molecule has 0 aromatic carbocycles. The molecule has 5 nitrogen and oxygen atoms in total. The molecule has 0 aliphatic carbocycles. The molecule has 0 aliphatic rings. The number of halogens is 1. The van der Waals surface area contributed by atoms with Gasteiger partial charge in [-0.05, 0) is 69.6 Å². The molecule has 2 heterocycles. The van der Waals surface area contributed by atoms with Gasteiger partial charge in [0.25, 0.3) is 0 Å². The minimum absolute atomic E-state index is 0.279. The van der Waals surface area contributed by atoms with Gasteiger partial charge in [-0.25, -0.2) is 4.98 Å². The van der Waals surface area contributed by atoms with Crippen molar-refractivity contribution in [3.63, 3.8) is 0 Å². The SMILES string of the molecule is CC(C)(C)Oc1ncc(-c2ccc(Br)o2)c(OC(C)(C)C)n1. The zero-order valence-electron chi connectivity index (χ0n) is 13.7. The van der Waals surface area contributed by atoms with Crippen molar-refractivity contribution in [3.05, 3.63) is 23.0 Å². The maximum Gasteiger partial charge on any atom is 0.320 e. The summed E-state index contributed by atoms with van der Waals surface area (Å²) in [5, 5.41) is 0. The highest BCUT2D eigenvalue weighted by molar-refractivity contribution is 9.10. The van der Waals surface area contributed by atoms with Crippen molar-refractivity contribution in [2.45, 2.75) is 52.7 Å². The third-order valence-electron chi connectivity index (χ3n) is 2.37. The summed E-state index contributed by atoms with van der Waals surface area (Å²) < 4.78 is 17.9. The molecule has 0 aliphatic heterocycles. The van der Waals surface area contributed by atoms with E-state index in [0.29, 0.717) is 21.9 Å². The van der Waals surface area contributed by atoms with Crippen molar-refractivity contribution in [1.29, 1.82) is 0 Å². The van der Waals surface area contributed by atoms with Crippen molar-refractivity contribution < 1.29 is 13.9 Å². The molecule has 0 amide bonds. The van der Waals surface area contributed by atoms with Gasteiger partial charge < -0.3 is 13.9 Å². The van der Waals surface area contributed by atoms with Crippen LogP contribution in [0.3, 0.4) is 0 Å². The zero-order valence-corrected chi connectivity index (χ0v) is 15.3. The van der Waals surface area contributed by atoms with Gasteiger partial charge in [0.2, 0.25) is 5.88 Å². The molecule has 6 heteroatoms. The summed E-state index contributed by atoms with van der Waals surface area (Å²) in [4.78, 5) is 8.65. The third-order valence-corrected chi connectivity index (χ3v) is 2.80. The lowest BCUT2D eigenvalue weighted by atomic mass is 10.2. The maximum atomic E-state index is 5.95. The molecule has 0 saturated carbocycles. The average Bonchev–Trinajstić information content (AvgIpc) is 2.71. The molecule has 22 heavy (non-hydrogen) atoms. The van der Waals surface area contributed by atoms with Crippen LogP contribution in [0.5, 0.6) is 11.9 Å². The molecule has 2 aromatic heterocycles. The van der Waals surface area contributed by atoms with Crippen LogP contribution in [0.2, 0.25) is 0 Å². The molecule has 0 radical (unpaired) electrons. The number of nitrogens with zero attached hydrogens (tertiary/aromatic N) is 2. The first kappa shape index (κ1) is 16.8. The fourth-order valence-corrected chi connectivity index (χ4v) is 1.98. The van der Waals surface area contributed by atoms with Gasteiger partial charge in [-0.1, -0.05) is 0 Å². The predicted molar refractivity (Wildman–Crippen MR) is 88.2 cm³/mol. The van der Waals surface area contributed by atoms with E-state index in [9.17, 15) is 0 Å². The van der Waals surface area contributed by atoms with E-state index >= 15 is 0 Å². The van der Waals surface area contributed by atoms with Gasteiger partial charge in [0.1, 0.15) is 17.0 Å². The van der Waals surface area contributed by atoms with Crippen molar-refractivity contribution in [1.82, 2.24) is 9.97 Å². The van der Waals surface area contributed by atoms with Gasteiger partial charge in [0.05, 0.1) is 5.56 Å². The van der Waals surface area contributed by atoms with E-state index in [1.807, 2.05) is 53.7 Å². The summed E-state index contributed by atoms with van der Waals surface area (Å²) in [6.45, 7) is 11.7. The van der Waals surface area contributed by atoms with E-state index in [4.69, 9.17) is 13.9 Å². The average molecular weight is 369 g/mol. The fraction of sp³-hybridized carbons (Fsp3) is 0.500. The lowest BCUT2D eigenvalue weighted by Crippen LogP contribution is -2.26. The maximum absolute atomic E-state index is 5.95. The Morgan fingerprint density at radius 1 is 1.00 bits per heavy atom. The van der Waals surface area contributed by atoms with Crippen molar-refractivity contribution in [2.24, 2.45) is 0 Å². The molecule has 0 bridgehead atoms. The van der Waals surface area contributed by atoms with Crippen LogP contribution in [0, 0.1) is 0 Å². The quantitative estimate of drug-likeness (QED) is 0.774. The van der Waals surface area contributed by atoms with E-state index in [-0.39, 0.29) is 11.6 Å². The number of ether oxygens (including phenoxy) is 2. The second-order valence-corrected chi connectivity index (χ2v) is 7.69. The van der Waals surface area contributed by atoms with Crippen molar-refractivity contribution in [3.8, 4) is 23.2 Å². The minimum Gasteiger partial charge on any atom is -0.471 e. The molecule has 2 aromatic rings. The Kier molecular flexibility index (Phi) is 4.52. The second-order valence-electron chi connectivity index (χ2n) is 6.90. The third kappa shape index (κ3) is 4.73. The lowest BCUT2D eigenvalue weighted by molar-refractivity contribution is 0.103. The van der Waals surface area contributed by atoms with Crippen LogP contribution in [0.4, 0.5) is 0 Å². The molecule has 0 spiro atoms. The topological polar surface area (TPSA) is 57.4 Å². The summed E-state index contributed by atoms with van der Waals surface area (Å²) in [7, 11) is 0. The van der Waals surface area contributed by atoms with E-state index in [1.165, 1.54) is 0 Å². The molecule has 0 saturated heterocycles. The van der Waals surface area contributed by atoms with E-state index in [1.54, 1.807) is 6.20 Å². The molecule has 2 rings (SSSR count). The number of hydrogen-bond donors (Lipinski definition) is 0. The highest BCUT2D eigenvalue weighted by atomic mass is 79.9. The Morgan fingerprint density at radius 3 is 2.14 bits per heavy atom. The van der Waals surface area contributed by atoms with E-state index < -0.39 is 5.60 Å². The van der Waals surface area contributed by atoms with Gasteiger partial charge in [0.15, 0.2) is 4.67 Å². The summed E-state index contributed by atoms with van der Waals surface area (Å²) in [6, 6.07) is 3.93. The molecule has 0 fully saturated rings. The highest BCUT2D eigenvalue weighted by Gasteiger charge is 2.22. The van der Waals surface area contributed by atoms with Crippen molar-refractivity contribution >= 4 is 15.9 Å². The summed E-state index contributed by atoms with van der Waals surface area (Å²) in [6.07, 6.45) is 1.65. The largest absolute Gasteiger partial charge is 0.471 e. The van der Waals surface area contributed by atoms with Gasteiger partial charge in [-0.2, -0.15) is 4.98 Å². The van der Waals surface area contributed by atoms with Gasteiger partial charge in [0, 0.05) is 6.20 Å². The van der Waals surface area contributed by atoms with E-state index in [2.05, 4.69) is 25.9 Å². The first-order valence-corrected chi connectivity index (χ1v) is 7.84. The smallest absolute Gasteiger partial charge is 0.320 e. The Labute approximate surface area is 139 Å². The number of furan rings is 1. The van der Waals surface area contributed by atoms with Gasteiger partial charge in [-0.15, -0.1) is 0 Å². The van der Waals surface area contributed by atoms with Crippen LogP contribution in [-0.4, -0.2) is 21.2 Å². The number of hydrogen-bond acceptors (Lipinski definition) is 5. The van der Waals surface area contributed by atoms with Crippen molar-refractivity contribution in [2.75, 3.05) is 0 Å². The Balaban J connectivity index is 2.44. The van der Waals surface area contributed by atoms with Crippen LogP contribution in [0.25, 0.3) is 11.3 Å². The monoisotopic (exact) mass is 368 g/mol. The predicted octanol–water partition coefficient (Wildman–Crippen LogP) is 4.85. The van der Waals surface area contributed by atoms with Crippen LogP contribution < -0.4 is 9.47 Å². The Bertz CT molecular complexity index is 654. The second kappa shape index (κ2) is 5.91. The van der Waals surface area contributed by atoms with Gasteiger partial charge in [-0.3, -0.25) is 0 Å². The Morgan fingerprint density at radius 2 is 1.64 bits per heavy atom. The van der Waals surface area contributed by atoms with Crippen LogP contribution in [-0.2, 0) is 0 Å². The van der Waals surface area contributed by atoms with Crippen LogP contribution in [0.15, 0.2) is 27.4 Å². The summed E-state index contributed by atoms with van der Waals surface area (Å²) in [5.74, 6) is 1.07. The van der Waals surface area contributed by atoms with E-state index in [0.717, 1.165) is 0 Å². The number of aromatic nitrogens is 2. The molecule has 0 atom stereocenters. The standard InChI is InChI=1S/C16H21BrN2O3/c1-15(2,3)21-13-10(11-7-8-12(17)20-11)9-18-14(19-13)22-16(4,5)6/h7-9H,1-6H3. The summed E-state index contributed by atoms with van der Waals surface area (Å²) in [5.41, 5.74) is -0.0953. The number of rotatable bonds is 3. The summed E-state index contributed by atoms with van der Waals surface area (Å²) >= 11 is 3.30. The molecule has 0 N–H and O–H groups in total. The highest BCUT2D eigenvalue weighted by Crippen LogP contribution is 2.34. The van der Waals surface area contributed by atoms with Gasteiger partial charge >= 0.3 is 6.01 Å². The molecular weight excluding hydrogens is 348 g/mol. The fourth-order valence-electron chi connectivity index (χ4n) is 1.67. The lowest BCUT2D eigenvalue weighted by Gasteiger charge is -2.23. The molecular formula is C16H21BrN2O3. The Hall–Kier alpha value is -1.56. The molecule has 0 unspecified atom stereocenters. The van der Waals surface area contributed by atoms with Crippen LogP contribution in [0.1, 0.15) is 41.5 Å². The molecule has 120 valence electrons. The normalized spacial score (nSPS) is 12.3. The first-order chi connectivity index (χ1) is 10.0. The first-order valence-electron chi connectivity index (χ1n) is 7.04. The zero-order chi connectivity index (χ0) is 16.5.